The highest BCUT2D eigenvalue weighted by atomic mass is 16.7. The maximum Gasteiger partial charge on any atom is 0.207 e. The van der Waals surface area contributed by atoms with Crippen molar-refractivity contribution < 1.29 is 9.58 Å². The van der Waals surface area contributed by atoms with E-state index in [0.29, 0.717) is 5.92 Å². The van der Waals surface area contributed by atoms with Gasteiger partial charge in [0.1, 0.15) is 0 Å². The summed E-state index contributed by atoms with van der Waals surface area (Å²) >= 11 is 0. The molecule has 0 radical (unpaired) electrons. The molecule has 0 spiro atoms. The second kappa shape index (κ2) is 1.77. The van der Waals surface area contributed by atoms with Crippen molar-refractivity contribution in [3.05, 3.63) is 0 Å². The van der Waals surface area contributed by atoms with Crippen LogP contribution in [0.2, 0.25) is 0 Å². The molecule has 0 N–H and O–H groups in total. The maximum atomic E-state index is 5.17. The van der Waals surface area contributed by atoms with Crippen LogP contribution in [-0.2, 0) is 4.84 Å². The monoisotopic (exact) mass is 114 g/mol. The first-order valence-electron chi connectivity index (χ1n) is 2.92. The van der Waals surface area contributed by atoms with Gasteiger partial charge in [-0.1, -0.05) is 0 Å². The molecule has 0 aromatic carbocycles. The molecule has 0 fully saturated rings. The van der Waals surface area contributed by atoms with Crippen molar-refractivity contribution in [2.75, 3.05) is 13.7 Å². The van der Waals surface area contributed by atoms with Crippen molar-refractivity contribution in [2.45, 2.75) is 13.8 Å². The maximum absolute atomic E-state index is 5.17. The molecule has 2 nitrogen and oxygen atoms in total. The van der Waals surface area contributed by atoms with Gasteiger partial charge in [0.2, 0.25) is 5.71 Å². The zero-order valence-corrected chi connectivity index (χ0v) is 5.64. The fraction of sp³-hybridized carbons (Fsp3) is 0.833. The van der Waals surface area contributed by atoms with Gasteiger partial charge in [-0.05, 0) is 11.7 Å². The van der Waals surface area contributed by atoms with Gasteiger partial charge in [0, 0.05) is 6.92 Å². The van der Waals surface area contributed by atoms with Gasteiger partial charge >= 0.3 is 0 Å². The van der Waals surface area contributed by atoms with Crippen LogP contribution < -0.4 is 0 Å². The second-order valence-corrected chi connectivity index (χ2v) is 2.34. The van der Waals surface area contributed by atoms with Gasteiger partial charge in [0.25, 0.3) is 0 Å². The van der Waals surface area contributed by atoms with Crippen LogP contribution in [-0.4, -0.2) is 24.1 Å². The Kier molecular flexibility index (Phi) is 1.24. The molecule has 0 saturated heterocycles. The van der Waals surface area contributed by atoms with Gasteiger partial charge in [-0.15, -0.1) is 0 Å². The van der Waals surface area contributed by atoms with E-state index in [0.717, 1.165) is 6.61 Å². The lowest BCUT2D eigenvalue weighted by molar-refractivity contribution is -0.758. The highest BCUT2D eigenvalue weighted by molar-refractivity contribution is 5.79. The highest BCUT2D eigenvalue weighted by Crippen LogP contribution is 2.05. The van der Waals surface area contributed by atoms with E-state index in [4.69, 9.17) is 4.84 Å². The van der Waals surface area contributed by atoms with Crippen LogP contribution in [0.15, 0.2) is 0 Å². The van der Waals surface area contributed by atoms with E-state index in [9.17, 15) is 0 Å². The first-order chi connectivity index (χ1) is 3.72. The lowest BCUT2D eigenvalue weighted by atomic mass is 10.1. The molecule has 1 atom stereocenters. The molecule has 0 aromatic heterocycles. The van der Waals surface area contributed by atoms with Crippen LogP contribution >= 0.6 is 0 Å². The zero-order valence-electron chi connectivity index (χ0n) is 5.64. The Morgan fingerprint density at radius 2 is 2.38 bits per heavy atom. The molecule has 0 saturated carbocycles. The smallest absolute Gasteiger partial charge is 0.207 e. The standard InChI is InChI=1S/C6H12NO/c1-5-4-8-7(3)6(5)2/h5H,4H2,1-3H3/q+1. The summed E-state index contributed by atoms with van der Waals surface area (Å²) in [6.45, 7) is 5.11. The summed E-state index contributed by atoms with van der Waals surface area (Å²) in [5, 5.41) is 0. The van der Waals surface area contributed by atoms with Crippen LogP contribution in [0.4, 0.5) is 0 Å². The minimum absolute atomic E-state index is 0.611. The fourth-order valence-electron chi connectivity index (χ4n) is 0.756. The summed E-state index contributed by atoms with van der Waals surface area (Å²) in [6, 6.07) is 0. The molecule has 1 rings (SSSR count). The van der Waals surface area contributed by atoms with Gasteiger partial charge in [0.15, 0.2) is 13.7 Å². The number of rotatable bonds is 0. The Morgan fingerprint density at radius 3 is 2.50 bits per heavy atom. The molecule has 0 bridgehead atoms. The quantitative estimate of drug-likeness (QED) is 0.422. The molecule has 1 heterocycles. The van der Waals surface area contributed by atoms with Crippen molar-refractivity contribution in [2.24, 2.45) is 5.92 Å². The van der Waals surface area contributed by atoms with E-state index < -0.39 is 0 Å². The summed E-state index contributed by atoms with van der Waals surface area (Å²) < 4.78 is 1.84. The average Bonchev–Trinajstić information content (AvgIpc) is 1.98. The van der Waals surface area contributed by atoms with Gasteiger partial charge in [0.05, 0.1) is 5.92 Å². The van der Waals surface area contributed by atoms with Gasteiger partial charge in [-0.2, -0.15) is 0 Å². The van der Waals surface area contributed by atoms with Crippen LogP contribution in [0.3, 0.4) is 0 Å². The summed E-state index contributed by atoms with van der Waals surface area (Å²) in [7, 11) is 1.94. The van der Waals surface area contributed by atoms with E-state index >= 15 is 0 Å². The van der Waals surface area contributed by atoms with Crippen molar-refractivity contribution in [3.8, 4) is 0 Å². The molecule has 8 heavy (non-hydrogen) atoms. The molecule has 1 aliphatic heterocycles. The lowest BCUT2D eigenvalue weighted by Crippen LogP contribution is -2.08. The first kappa shape index (κ1) is 5.60. The minimum atomic E-state index is 0.611. The van der Waals surface area contributed by atoms with E-state index in [1.165, 1.54) is 5.71 Å². The number of hydrogen-bond donors (Lipinski definition) is 0. The Hall–Kier alpha value is -0.530. The molecule has 2 heteroatoms. The van der Waals surface area contributed by atoms with E-state index in [2.05, 4.69) is 13.8 Å². The molecule has 1 unspecified atom stereocenters. The number of hydrogen-bond acceptors (Lipinski definition) is 1. The summed E-state index contributed by atoms with van der Waals surface area (Å²) in [6.07, 6.45) is 0. The molecule has 1 aliphatic rings. The van der Waals surface area contributed by atoms with Gasteiger partial charge in [-0.3, -0.25) is 4.84 Å². The molecular weight excluding hydrogens is 102 g/mol. The topological polar surface area (TPSA) is 12.2 Å². The van der Waals surface area contributed by atoms with Crippen molar-refractivity contribution in [1.29, 1.82) is 0 Å². The van der Waals surface area contributed by atoms with Crippen LogP contribution in [0.5, 0.6) is 0 Å². The van der Waals surface area contributed by atoms with E-state index in [1.54, 1.807) is 0 Å². The Bertz CT molecular complexity index is 128. The Balaban J connectivity index is 2.71. The number of nitrogens with zero attached hydrogens (tertiary/aromatic N) is 1. The summed E-state index contributed by atoms with van der Waals surface area (Å²) in [5.41, 5.74) is 1.32. The highest BCUT2D eigenvalue weighted by Gasteiger charge is 2.24. The molecule has 0 amide bonds. The molecule has 0 aliphatic carbocycles. The van der Waals surface area contributed by atoms with Gasteiger partial charge < -0.3 is 0 Å². The van der Waals surface area contributed by atoms with Crippen molar-refractivity contribution in [1.82, 2.24) is 0 Å². The fourth-order valence-corrected chi connectivity index (χ4v) is 0.756. The molecule has 46 valence electrons. The predicted molar refractivity (Wildman–Crippen MR) is 32.0 cm³/mol. The SMILES string of the molecule is CC1=[N+](C)OCC1C. The Morgan fingerprint density at radius 1 is 1.75 bits per heavy atom. The number of hydroxylamine groups is 1. The average molecular weight is 114 g/mol. The van der Waals surface area contributed by atoms with Crippen LogP contribution in [0, 0.1) is 5.92 Å². The third-order valence-electron chi connectivity index (χ3n) is 1.73. The predicted octanol–water partition coefficient (Wildman–Crippen LogP) is 0.671. The second-order valence-electron chi connectivity index (χ2n) is 2.34. The summed E-state index contributed by atoms with van der Waals surface area (Å²) in [4.78, 5) is 5.17. The zero-order chi connectivity index (χ0) is 6.15. The largest absolute Gasteiger partial charge is 0.277 e. The molecular formula is C6H12NO+. The minimum Gasteiger partial charge on any atom is -0.277 e. The van der Waals surface area contributed by atoms with Crippen molar-refractivity contribution in [3.63, 3.8) is 0 Å². The van der Waals surface area contributed by atoms with Crippen LogP contribution in [0.1, 0.15) is 13.8 Å². The third kappa shape index (κ3) is 0.703. The van der Waals surface area contributed by atoms with Crippen molar-refractivity contribution >= 4 is 5.71 Å². The van der Waals surface area contributed by atoms with E-state index in [-0.39, 0.29) is 0 Å². The van der Waals surface area contributed by atoms with E-state index in [1.807, 2.05) is 11.8 Å². The Labute approximate surface area is 49.7 Å². The van der Waals surface area contributed by atoms with Crippen LogP contribution in [0.25, 0.3) is 0 Å². The first-order valence-corrected chi connectivity index (χ1v) is 2.92. The third-order valence-corrected chi connectivity index (χ3v) is 1.73. The lowest BCUT2D eigenvalue weighted by Gasteiger charge is -1.85. The van der Waals surface area contributed by atoms with Gasteiger partial charge in [-0.25, -0.2) is 0 Å². The normalized spacial score (nSPS) is 28.6. The summed E-state index contributed by atoms with van der Waals surface area (Å²) in [5.74, 6) is 0.611. The molecule has 0 aromatic rings.